The van der Waals surface area contributed by atoms with Crippen molar-refractivity contribution in [2.75, 3.05) is 6.54 Å². The first-order valence-corrected chi connectivity index (χ1v) is 6.58. The third kappa shape index (κ3) is 4.02. The Labute approximate surface area is 108 Å². The molecular formula is C13H21N3O2. The summed E-state index contributed by atoms with van der Waals surface area (Å²) in [7, 11) is 0. The molecule has 1 rings (SSSR count). The van der Waals surface area contributed by atoms with Gasteiger partial charge in [0.25, 0.3) is 0 Å². The normalized spacial score (nSPS) is 17.7. The molecule has 1 aliphatic rings. The predicted octanol–water partition coefficient (Wildman–Crippen LogP) is 1.23. The zero-order chi connectivity index (χ0) is 13.4. The molecule has 5 nitrogen and oxygen atoms in total. The first kappa shape index (κ1) is 14.5. The van der Waals surface area contributed by atoms with Crippen LogP contribution < -0.4 is 11.1 Å². The second-order valence-corrected chi connectivity index (χ2v) is 4.93. The molecular weight excluding hydrogens is 230 g/mol. The Kier molecular flexibility index (Phi) is 5.63. The van der Waals surface area contributed by atoms with Crippen molar-refractivity contribution in [3.63, 3.8) is 0 Å². The second kappa shape index (κ2) is 7.00. The second-order valence-electron chi connectivity index (χ2n) is 4.93. The average Bonchev–Trinajstić information content (AvgIpc) is 2.38. The molecule has 0 aliphatic heterocycles. The molecule has 1 fully saturated rings. The van der Waals surface area contributed by atoms with Gasteiger partial charge in [-0.2, -0.15) is 5.26 Å². The first-order chi connectivity index (χ1) is 8.60. The molecule has 0 radical (unpaired) electrons. The number of nitrogens with zero attached hydrogens (tertiary/aromatic N) is 1. The summed E-state index contributed by atoms with van der Waals surface area (Å²) in [4.78, 5) is 22.6. The monoisotopic (exact) mass is 251 g/mol. The number of carbonyl (C=O) groups is 2. The van der Waals surface area contributed by atoms with Crippen LogP contribution in [0, 0.1) is 16.7 Å². The lowest BCUT2D eigenvalue weighted by molar-refractivity contribution is -0.129. The van der Waals surface area contributed by atoms with E-state index in [2.05, 4.69) is 11.4 Å². The van der Waals surface area contributed by atoms with Gasteiger partial charge in [0, 0.05) is 13.0 Å². The third-order valence-corrected chi connectivity index (χ3v) is 3.49. The van der Waals surface area contributed by atoms with Gasteiger partial charge in [-0.25, -0.2) is 0 Å². The largest absolute Gasteiger partial charge is 0.370 e. The van der Waals surface area contributed by atoms with E-state index in [4.69, 9.17) is 5.73 Å². The van der Waals surface area contributed by atoms with Gasteiger partial charge in [0.2, 0.25) is 11.8 Å². The maximum absolute atomic E-state index is 12.0. The maximum atomic E-state index is 12.0. The molecule has 0 saturated heterocycles. The Morgan fingerprint density at radius 3 is 2.44 bits per heavy atom. The van der Waals surface area contributed by atoms with E-state index in [1.807, 2.05) is 0 Å². The first-order valence-electron chi connectivity index (χ1n) is 6.58. The number of nitriles is 1. The molecule has 0 unspecified atom stereocenters. The highest BCUT2D eigenvalue weighted by atomic mass is 16.2. The van der Waals surface area contributed by atoms with Crippen molar-refractivity contribution >= 4 is 11.8 Å². The number of amides is 2. The standard InChI is InChI=1S/C13H21N3O2/c14-10-13(7-3-1-4-8-13)12(18)16-9-5-2-6-11(15)17/h1-9H2,(H2,15,17)(H,16,18). The number of nitrogens with one attached hydrogen (secondary N) is 1. The van der Waals surface area contributed by atoms with Crippen molar-refractivity contribution in [3.8, 4) is 6.07 Å². The summed E-state index contributed by atoms with van der Waals surface area (Å²) in [5, 5.41) is 12.0. The number of carbonyl (C=O) groups excluding carboxylic acids is 2. The Bertz CT molecular complexity index is 341. The van der Waals surface area contributed by atoms with Crippen LogP contribution in [0.25, 0.3) is 0 Å². The van der Waals surface area contributed by atoms with Gasteiger partial charge in [0.05, 0.1) is 6.07 Å². The summed E-state index contributed by atoms with van der Waals surface area (Å²) in [6, 6.07) is 2.19. The van der Waals surface area contributed by atoms with Gasteiger partial charge in [0.1, 0.15) is 5.41 Å². The molecule has 0 spiro atoms. The van der Waals surface area contributed by atoms with E-state index in [0.717, 1.165) is 25.7 Å². The molecule has 0 aromatic carbocycles. The van der Waals surface area contributed by atoms with Crippen molar-refractivity contribution in [2.24, 2.45) is 11.1 Å². The van der Waals surface area contributed by atoms with Crippen molar-refractivity contribution in [1.82, 2.24) is 5.32 Å². The van der Waals surface area contributed by atoms with E-state index in [9.17, 15) is 14.9 Å². The molecule has 0 atom stereocenters. The summed E-state index contributed by atoms with van der Waals surface area (Å²) >= 11 is 0. The van der Waals surface area contributed by atoms with Gasteiger partial charge in [-0.1, -0.05) is 19.3 Å². The summed E-state index contributed by atoms with van der Waals surface area (Å²) in [6.07, 6.45) is 6.07. The van der Waals surface area contributed by atoms with Crippen molar-refractivity contribution < 1.29 is 9.59 Å². The number of hydrogen-bond acceptors (Lipinski definition) is 3. The van der Waals surface area contributed by atoms with Crippen molar-refractivity contribution in [1.29, 1.82) is 5.26 Å². The van der Waals surface area contributed by atoms with Crippen LogP contribution in [0.4, 0.5) is 0 Å². The van der Waals surface area contributed by atoms with Crippen LogP contribution in [0.3, 0.4) is 0 Å². The fraction of sp³-hybridized carbons (Fsp3) is 0.769. The zero-order valence-corrected chi connectivity index (χ0v) is 10.7. The molecule has 0 bridgehead atoms. The van der Waals surface area contributed by atoms with Crippen LogP contribution >= 0.6 is 0 Å². The van der Waals surface area contributed by atoms with Crippen LogP contribution in [-0.2, 0) is 9.59 Å². The number of unbranched alkanes of at least 4 members (excludes halogenated alkanes) is 1. The predicted molar refractivity (Wildman–Crippen MR) is 67.2 cm³/mol. The van der Waals surface area contributed by atoms with Crippen molar-refractivity contribution in [2.45, 2.75) is 51.4 Å². The molecule has 0 aromatic heterocycles. The average molecular weight is 251 g/mol. The number of primary amides is 1. The molecule has 0 heterocycles. The summed E-state index contributed by atoms with van der Waals surface area (Å²) in [6.45, 7) is 0.509. The van der Waals surface area contributed by atoms with Gasteiger partial charge >= 0.3 is 0 Å². The van der Waals surface area contributed by atoms with Gasteiger partial charge in [-0.05, 0) is 25.7 Å². The molecule has 1 aliphatic carbocycles. The summed E-state index contributed by atoms with van der Waals surface area (Å²) < 4.78 is 0. The van der Waals surface area contributed by atoms with E-state index in [1.54, 1.807) is 0 Å². The minimum atomic E-state index is -0.818. The Balaban J connectivity index is 2.30. The van der Waals surface area contributed by atoms with Gasteiger partial charge in [-0.15, -0.1) is 0 Å². The van der Waals surface area contributed by atoms with Gasteiger partial charge < -0.3 is 11.1 Å². The summed E-state index contributed by atoms with van der Waals surface area (Å²) in [5.74, 6) is -0.467. The number of rotatable bonds is 6. The topological polar surface area (TPSA) is 96.0 Å². The number of hydrogen-bond donors (Lipinski definition) is 2. The highest BCUT2D eigenvalue weighted by Crippen LogP contribution is 2.35. The van der Waals surface area contributed by atoms with E-state index in [0.29, 0.717) is 32.2 Å². The van der Waals surface area contributed by atoms with Crippen LogP contribution in [0.15, 0.2) is 0 Å². The van der Waals surface area contributed by atoms with Crippen LogP contribution in [0.1, 0.15) is 51.4 Å². The van der Waals surface area contributed by atoms with Crippen LogP contribution in [0.2, 0.25) is 0 Å². The zero-order valence-electron chi connectivity index (χ0n) is 10.7. The van der Waals surface area contributed by atoms with Crippen molar-refractivity contribution in [3.05, 3.63) is 0 Å². The molecule has 2 amide bonds. The fourth-order valence-corrected chi connectivity index (χ4v) is 2.34. The molecule has 1 saturated carbocycles. The van der Waals surface area contributed by atoms with Gasteiger partial charge in [0.15, 0.2) is 0 Å². The Morgan fingerprint density at radius 2 is 1.89 bits per heavy atom. The van der Waals surface area contributed by atoms with Gasteiger partial charge in [-0.3, -0.25) is 9.59 Å². The highest BCUT2D eigenvalue weighted by Gasteiger charge is 2.39. The van der Waals surface area contributed by atoms with Crippen LogP contribution in [0.5, 0.6) is 0 Å². The lowest BCUT2D eigenvalue weighted by Crippen LogP contribution is -2.41. The summed E-state index contributed by atoms with van der Waals surface area (Å²) in [5.41, 5.74) is 4.21. The Hall–Kier alpha value is -1.57. The maximum Gasteiger partial charge on any atom is 0.240 e. The fourth-order valence-electron chi connectivity index (χ4n) is 2.34. The van der Waals surface area contributed by atoms with E-state index in [-0.39, 0.29) is 11.8 Å². The molecule has 18 heavy (non-hydrogen) atoms. The molecule has 5 heteroatoms. The van der Waals surface area contributed by atoms with E-state index in [1.165, 1.54) is 0 Å². The lowest BCUT2D eigenvalue weighted by Gasteiger charge is -2.29. The van der Waals surface area contributed by atoms with E-state index >= 15 is 0 Å². The Morgan fingerprint density at radius 1 is 1.22 bits per heavy atom. The molecule has 0 aromatic rings. The van der Waals surface area contributed by atoms with E-state index < -0.39 is 5.41 Å². The smallest absolute Gasteiger partial charge is 0.240 e. The minimum Gasteiger partial charge on any atom is -0.370 e. The minimum absolute atomic E-state index is 0.149. The third-order valence-electron chi connectivity index (χ3n) is 3.49. The quantitative estimate of drug-likeness (QED) is 0.695. The lowest BCUT2D eigenvalue weighted by atomic mass is 9.74. The molecule has 3 N–H and O–H groups in total. The SMILES string of the molecule is N#CC1(C(=O)NCCCCC(N)=O)CCCCC1. The van der Waals surface area contributed by atoms with Crippen LogP contribution in [-0.4, -0.2) is 18.4 Å². The highest BCUT2D eigenvalue weighted by molar-refractivity contribution is 5.85. The number of nitrogens with two attached hydrogens (primary N) is 1. The molecule has 100 valence electrons.